The van der Waals surface area contributed by atoms with Crippen LogP contribution in [0, 0.1) is 0 Å². The third kappa shape index (κ3) is 3.87. The summed E-state index contributed by atoms with van der Waals surface area (Å²) in [6.07, 6.45) is 4.35. The molecule has 0 aliphatic carbocycles. The Kier molecular flexibility index (Phi) is 5.24. The standard InChI is InChI=1S/C15H21NO4/c1-18-14-10-11(6-7-13(14)16)15(17)20-9-3-5-12-4-2-8-19-12/h6-7,10,12H,2-5,8-9,16H2,1H3. The smallest absolute Gasteiger partial charge is 0.338 e. The number of hydrogen-bond donors (Lipinski definition) is 1. The molecular formula is C15H21NO4. The molecule has 2 N–H and O–H groups in total. The van der Waals surface area contributed by atoms with Gasteiger partial charge < -0.3 is 19.9 Å². The molecule has 0 spiro atoms. The van der Waals surface area contributed by atoms with Crippen molar-refractivity contribution in [3.63, 3.8) is 0 Å². The van der Waals surface area contributed by atoms with E-state index in [1.54, 1.807) is 18.2 Å². The van der Waals surface area contributed by atoms with E-state index in [-0.39, 0.29) is 5.97 Å². The highest BCUT2D eigenvalue weighted by Gasteiger charge is 2.15. The summed E-state index contributed by atoms with van der Waals surface area (Å²) in [7, 11) is 1.52. The molecule has 110 valence electrons. The summed E-state index contributed by atoms with van der Waals surface area (Å²) in [6.45, 7) is 1.26. The molecule has 1 atom stereocenters. The van der Waals surface area contributed by atoms with Crippen molar-refractivity contribution in [2.75, 3.05) is 26.1 Å². The third-order valence-corrected chi connectivity index (χ3v) is 3.40. The van der Waals surface area contributed by atoms with Gasteiger partial charge in [-0.15, -0.1) is 0 Å². The fourth-order valence-electron chi connectivity index (χ4n) is 2.27. The number of anilines is 1. The zero-order chi connectivity index (χ0) is 14.4. The molecule has 2 rings (SSSR count). The second-order valence-corrected chi connectivity index (χ2v) is 4.87. The minimum atomic E-state index is -0.351. The van der Waals surface area contributed by atoms with Crippen LogP contribution in [-0.4, -0.2) is 32.4 Å². The van der Waals surface area contributed by atoms with Crippen molar-refractivity contribution in [2.24, 2.45) is 0 Å². The van der Waals surface area contributed by atoms with E-state index in [2.05, 4.69) is 0 Å². The lowest BCUT2D eigenvalue weighted by atomic mass is 10.1. The van der Waals surface area contributed by atoms with Crippen molar-refractivity contribution in [1.29, 1.82) is 0 Å². The number of carbonyl (C=O) groups excluding carboxylic acids is 1. The molecule has 5 heteroatoms. The molecule has 1 fully saturated rings. The highest BCUT2D eigenvalue weighted by molar-refractivity contribution is 5.90. The van der Waals surface area contributed by atoms with Crippen LogP contribution in [0.3, 0.4) is 0 Å². The maximum atomic E-state index is 11.9. The van der Waals surface area contributed by atoms with Gasteiger partial charge in [-0.1, -0.05) is 0 Å². The summed E-state index contributed by atoms with van der Waals surface area (Å²) in [5.41, 5.74) is 6.65. The summed E-state index contributed by atoms with van der Waals surface area (Å²) in [6, 6.07) is 4.87. The van der Waals surface area contributed by atoms with Gasteiger partial charge >= 0.3 is 5.97 Å². The second-order valence-electron chi connectivity index (χ2n) is 4.87. The lowest BCUT2D eigenvalue weighted by molar-refractivity contribution is 0.0461. The van der Waals surface area contributed by atoms with Crippen molar-refractivity contribution < 1.29 is 19.0 Å². The number of nitrogens with two attached hydrogens (primary N) is 1. The normalized spacial score (nSPS) is 17.9. The van der Waals surface area contributed by atoms with Crippen LogP contribution in [-0.2, 0) is 9.47 Å². The van der Waals surface area contributed by atoms with Crippen LogP contribution in [0.5, 0.6) is 5.75 Å². The van der Waals surface area contributed by atoms with Gasteiger partial charge in [0.15, 0.2) is 0 Å². The van der Waals surface area contributed by atoms with E-state index in [0.29, 0.717) is 29.7 Å². The largest absolute Gasteiger partial charge is 0.495 e. The summed E-state index contributed by atoms with van der Waals surface area (Å²) in [4.78, 5) is 11.9. The summed E-state index contributed by atoms with van der Waals surface area (Å²) in [5.74, 6) is 0.134. The Labute approximate surface area is 119 Å². The van der Waals surface area contributed by atoms with Gasteiger partial charge in [-0.05, 0) is 43.9 Å². The first kappa shape index (κ1) is 14.7. The van der Waals surface area contributed by atoms with E-state index in [4.69, 9.17) is 19.9 Å². The van der Waals surface area contributed by atoms with E-state index in [1.807, 2.05) is 0 Å². The molecule has 5 nitrogen and oxygen atoms in total. The predicted molar refractivity (Wildman–Crippen MR) is 75.9 cm³/mol. The number of nitrogen functional groups attached to an aromatic ring is 1. The fraction of sp³-hybridized carbons (Fsp3) is 0.533. The molecule has 1 saturated heterocycles. The molecule has 1 aliphatic heterocycles. The van der Waals surface area contributed by atoms with Gasteiger partial charge in [0, 0.05) is 6.61 Å². The zero-order valence-corrected chi connectivity index (χ0v) is 11.8. The minimum Gasteiger partial charge on any atom is -0.495 e. The Morgan fingerprint density at radius 1 is 1.50 bits per heavy atom. The highest BCUT2D eigenvalue weighted by atomic mass is 16.5. The maximum Gasteiger partial charge on any atom is 0.338 e. The number of carbonyl (C=O) groups is 1. The van der Waals surface area contributed by atoms with Crippen molar-refractivity contribution >= 4 is 11.7 Å². The Balaban J connectivity index is 1.76. The Morgan fingerprint density at radius 2 is 2.35 bits per heavy atom. The van der Waals surface area contributed by atoms with E-state index < -0.39 is 0 Å². The average Bonchev–Trinajstić information content (AvgIpc) is 2.97. The number of methoxy groups -OCH3 is 1. The number of rotatable bonds is 6. The van der Waals surface area contributed by atoms with Crippen LogP contribution in [0.15, 0.2) is 18.2 Å². The van der Waals surface area contributed by atoms with Gasteiger partial charge in [-0.2, -0.15) is 0 Å². The average molecular weight is 279 g/mol. The number of benzene rings is 1. The van der Waals surface area contributed by atoms with Crippen LogP contribution >= 0.6 is 0 Å². The van der Waals surface area contributed by atoms with Crippen LogP contribution in [0.4, 0.5) is 5.69 Å². The highest BCUT2D eigenvalue weighted by Crippen LogP contribution is 2.22. The van der Waals surface area contributed by atoms with E-state index in [0.717, 1.165) is 32.3 Å². The second kappa shape index (κ2) is 7.14. The molecule has 1 unspecified atom stereocenters. The first-order valence-corrected chi connectivity index (χ1v) is 6.93. The molecule has 0 saturated carbocycles. The van der Waals surface area contributed by atoms with Crippen molar-refractivity contribution in [3.8, 4) is 5.75 Å². The molecule has 1 aliphatic rings. The minimum absolute atomic E-state index is 0.338. The monoisotopic (exact) mass is 279 g/mol. The molecule has 1 heterocycles. The summed E-state index contributed by atoms with van der Waals surface area (Å²) >= 11 is 0. The molecule has 0 amide bonds. The van der Waals surface area contributed by atoms with E-state index in [1.165, 1.54) is 7.11 Å². The Hall–Kier alpha value is -1.75. The van der Waals surface area contributed by atoms with Crippen LogP contribution < -0.4 is 10.5 Å². The number of ether oxygens (including phenoxy) is 3. The summed E-state index contributed by atoms with van der Waals surface area (Å²) < 4.78 is 15.8. The van der Waals surface area contributed by atoms with Crippen molar-refractivity contribution in [3.05, 3.63) is 23.8 Å². The van der Waals surface area contributed by atoms with Crippen molar-refractivity contribution in [2.45, 2.75) is 31.8 Å². The van der Waals surface area contributed by atoms with Gasteiger partial charge in [0.2, 0.25) is 0 Å². The number of hydrogen-bond acceptors (Lipinski definition) is 5. The maximum absolute atomic E-state index is 11.9. The van der Waals surface area contributed by atoms with Gasteiger partial charge in [0.25, 0.3) is 0 Å². The molecule has 1 aromatic rings. The topological polar surface area (TPSA) is 70.8 Å². The fourth-order valence-corrected chi connectivity index (χ4v) is 2.27. The van der Waals surface area contributed by atoms with E-state index in [9.17, 15) is 4.79 Å². The quantitative estimate of drug-likeness (QED) is 0.492. The van der Waals surface area contributed by atoms with Crippen LogP contribution in [0.1, 0.15) is 36.0 Å². The SMILES string of the molecule is COc1cc(C(=O)OCCCC2CCCO2)ccc1N. The Morgan fingerprint density at radius 3 is 3.05 bits per heavy atom. The zero-order valence-electron chi connectivity index (χ0n) is 11.8. The molecule has 1 aromatic carbocycles. The molecule has 0 bridgehead atoms. The van der Waals surface area contributed by atoms with Gasteiger partial charge in [0.1, 0.15) is 5.75 Å². The molecule has 0 radical (unpaired) electrons. The van der Waals surface area contributed by atoms with Crippen LogP contribution in [0.2, 0.25) is 0 Å². The predicted octanol–water partition coefficient (Wildman–Crippen LogP) is 2.39. The molecule has 20 heavy (non-hydrogen) atoms. The molecular weight excluding hydrogens is 258 g/mol. The number of esters is 1. The van der Waals surface area contributed by atoms with E-state index >= 15 is 0 Å². The van der Waals surface area contributed by atoms with Gasteiger partial charge in [-0.25, -0.2) is 4.79 Å². The van der Waals surface area contributed by atoms with Crippen molar-refractivity contribution in [1.82, 2.24) is 0 Å². The lowest BCUT2D eigenvalue weighted by Crippen LogP contribution is -2.10. The van der Waals surface area contributed by atoms with Gasteiger partial charge in [-0.3, -0.25) is 0 Å². The first-order chi connectivity index (χ1) is 9.70. The third-order valence-electron chi connectivity index (χ3n) is 3.40. The Bertz CT molecular complexity index is 455. The first-order valence-electron chi connectivity index (χ1n) is 6.93. The van der Waals surface area contributed by atoms with Gasteiger partial charge in [0.05, 0.1) is 31.1 Å². The molecule has 0 aromatic heterocycles. The van der Waals surface area contributed by atoms with Crippen LogP contribution in [0.25, 0.3) is 0 Å². The lowest BCUT2D eigenvalue weighted by Gasteiger charge is -2.10. The summed E-state index contributed by atoms with van der Waals surface area (Å²) in [5, 5.41) is 0.